The fraction of sp³-hybridized carbons (Fsp3) is 0.200. The topological polar surface area (TPSA) is 42.0 Å². The number of benzene rings is 1. The summed E-state index contributed by atoms with van der Waals surface area (Å²) in [5.74, 6) is -0.566. The first-order chi connectivity index (χ1) is 9.47. The molecule has 0 radical (unpaired) electrons. The summed E-state index contributed by atoms with van der Waals surface area (Å²) in [6, 6.07) is 9.76. The first-order valence-corrected chi connectivity index (χ1v) is 6.96. The van der Waals surface area contributed by atoms with Crippen LogP contribution in [-0.2, 0) is 0 Å². The van der Waals surface area contributed by atoms with E-state index in [1.807, 2.05) is 0 Å². The molecule has 0 aliphatic rings. The van der Waals surface area contributed by atoms with Gasteiger partial charge in [0, 0.05) is 0 Å². The van der Waals surface area contributed by atoms with Gasteiger partial charge in [-0.15, -0.1) is 0 Å². The van der Waals surface area contributed by atoms with Gasteiger partial charge in [-0.1, -0.05) is 18.2 Å². The van der Waals surface area contributed by atoms with E-state index in [0.29, 0.717) is 15.9 Å². The third-order valence-electron chi connectivity index (χ3n) is 2.99. The number of hydrogen-bond donors (Lipinski definition) is 1. The van der Waals surface area contributed by atoms with Gasteiger partial charge in [-0.3, -0.25) is 4.79 Å². The lowest BCUT2D eigenvalue weighted by atomic mass is 10.1. The van der Waals surface area contributed by atoms with Crippen LogP contribution in [0.25, 0.3) is 0 Å². The lowest BCUT2D eigenvalue weighted by Gasteiger charge is -2.14. The van der Waals surface area contributed by atoms with Crippen molar-refractivity contribution in [1.29, 1.82) is 0 Å². The highest BCUT2D eigenvalue weighted by atomic mass is 79.9. The standard InChI is InChI=1S/C15H14BrFN2O/c1-9-6-7-11(8-12(9)17)10(2)18-15(20)13-4-3-5-14(16)19-13/h3-8,10H,1-2H3,(H,18,20). The maximum absolute atomic E-state index is 13.5. The van der Waals surface area contributed by atoms with E-state index in [0.717, 1.165) is 5.56 Å². The number of halogens is 2. The number of pyridine rings is 1. The first-order valence-electron chi connectivity index (χ1n) is 6.17. The van der Waals surface area contributed by atoms with Gasteiger partial charge in [-0.05, 0) is 59.1 Å². The average Bonchev–Trinajstić information content (AvgIpc) is 2.41. The van der Waals surface area contributed by atoms with Crippen molar-refractivity contribution < 1.29 is 9.18 Å². The van der Waals surface area contributed by atoms with E-state index in [1.165, 1.54) is 6.07 Å². The van der Waals surface area contributed by atoms with Gasteiger partial charge in [0.1, 0.15) is 16.1 Å². The van der Waals surface area contributed by atoms with E-state index in [-0.39, 0.29) is 17.8 Å². The van der Waals surface area contributed by atoms with Gasteiger partial charge in [-0.25, -0.2) is 9.37 Å². The van der Waals surface area contributed by atoms with Crippen molar-refractivity contribution in [3.63, 3.8) is 0 Å². The average molecular weight is 337 g/mol. The number of nitrogens with zero attached hydrogens (tertiary/aromatic N) is 1. The Morgan fingerprint density at radius 2 is 2.10 bits per heavy atom. The van der Waals surface area contributed by atoms with Crippen molar-refractivity contribution in [2.45, 2.75) is 19.9 Å². The number of aryl methyl sites for hydroxylation is 1. The minimum Gasteiger partial charge on any atom is -0.344 e. The van der Waals surface area contributed by atoms with Crippen LogP contribution < -0.4 is 5.32 Å². The van der Waals surface area contributed by atoms with Crippen LogP contribution in [0.15, 0.2) is 41.0 Å². The number of rotatable bonds is 3. The Bertz CT molecular complexity index is 646. The van der Waals surface area contributed by atoms with Crippen molar-refractivity contribution in [3.05, 3.63) is 63.6 Å². The molecule has 1 aromatic carbocycles. The van der Waals surface area contributed by atoms with E-state index in [2.05, 4.69) is 26.2 Å². The second kappa shape index (κ2) is 6.13. The largest absolute Gasteiger partial charge is 0.344 e. The van der Waals surface area contributed by atoms with Gasteiger partial charge in [-0.2, -0.15) is 0 Å². The Morgan fingerprint density at radius 1 is 1.35 bits per heavy atom. The maximum atomic E-state index is 13.5. The van der Waals surface area contributed by atoms with Crippen molar-refractivity contribution in [3.8, 4) is 0 Å². The van der Waals surface area contributed by atoms with Crippen LogP contribution in [0, 0.1) is 12.7 Å². The number of nitrogens with one attached hydrogen (secondary N) is 1. The van der Waals surface area contributed by atoms with E-state index in [4.69, 9.17) is 0 Å². The van der Waals surface area contributed by atoms with E-state index < -0.39 is 0 Å². The van der Waals surface area contributed by atoms with Crippen molar-refractivity contribution in [2.75, 3.05) is 0 Å². The van der Waals surface area contributed by atoms with Gasteiger partial charge in [0.2, 0.25) is 0 Å². The van der Waals surface area contributed by atoms with Crippen LogP contribution in [0.2, 0.25) is 0 Å². The van der Waals surface area contributed by atoms with E-state index >= 15 is 0 Å². The lowest BCUT2D eigenvalue weighted by molar-refractivity contribution is 0.0934. The van der Waals surface area contributed by atoms with Gasteiger partial charge in [0.05, 0.1) is 6.04 Å². The smallest absolute Gasteiger partial charge is 0.270 e. The minimum absolute atomic E-state index is 0.274. The predicted molar refractivity (Wildman–Crippen MR) is 79.0 cm³/mol. The maximum Gasteiger partial charge on any atom is 0.270 e. The SMILES string of the molecule is Cc1ccc(C(C)NC(=O)c2cccc(Br)n2)cc1F. The summed E-state index contributed by atoms with van der Waals surface area (Å²) >= 11 is 3.22. The number of amides is 1. The van der Waals surface area contributed by atoms with Gasteiger partial charge in [0.25, 0.3) is 5.91 Å². The van der Waals surface area contributed by atoms with Gasteiger partial charge >= 0.3 is 0 Å². The molecular formula is C15H14BrFN2O. The molecule has 0 aliphatic carbocycles. The summed E-state index contributed by atoms with van der Waals surface area (Å²) in [5, 5.41) is 2.80. The molecular weight excluding hydrogens is 323 g/mol. The fourth-order valence-corrected chi connectivity index (χ4v) is 2.11. The predicted octanol–water partition coefficient (Wildman–Crippen LogP) is 3.78. The highest BCUT2D eigenvalue weighted by molar-refractivity contribution is 9.10. The van der Waals surface area contributed by atoms with Crippen molar-refractivity contribution >= 4 is 21.8 Å². The molecule has 1 unspecified atom stereocenters. The van der Waals surface area contributed by atoms with Gasteiger partial charge < -0.3 is 5.32 Å². The molecule has 0 fully saturated rings. The summed E-state index contributed by atoms with van der Waals surface area (Å²) < 4.78 is 14.1. The zero-order chi connectivity index (χ0) is 14.7. The minimum atomic E-state index is -0.293. The monoisotopic (exact) mass is 336 g/mol. The second-order valence-electron chi connectivity index (χ2n) is 4.55. The lowest BCUT2D eigenvalue weighted by Crippen LogP contribution is -2.27. The molecule has 20 heavy (non-hydrogen) atoms. The molecule has 1 heterocycles. The highest BCUT2D eigenvalue weighted by Crippen LogP contribution is 2.17. The van der Waals surface area contributed by atoms with E-state index in [9.17, 15) is 9.18 Å². The first kappa shape index (κ1) is 14.7. The molecule has 2 aromatic rings. The second-order valence-corrected chi connectivity index (χ2v) is 5.36. The summed E-state index contributed by atoms with van der Waals surface area (Å²) in [6.07, 6.45) is 0. The number of aromatic nitrogens is 1. The van der Waals surface area contributed by atoms with Gasteiger partial charge in [0.15, 0.2) is 0 Å². The normalized spacial score (nSPS) is 12.0. The summed E-state index contributed by atoms with van der Waals surface area (Å²) in [6.45, 7) is 3.51. The molecule has 0 saturated heterocycles. The molecule has 5 heteroatoms. The van der Waals surface area contributed by atoms with Crippen LogP contribution in [-0.4, -0.2) is 10.9 Å². The Kier molecular flexibility index (Phi) is 4.49. The fourth-order valence-electron chi connectivity index (χ4n) is 1.77. The van der Waals surface area contributed by atoms with Crippen LogP contribution >= 0.6 is 15.9 Å². The van der Waals surface area contributed by atoms with Crippen LogP contribution in [0.4, 0.5) is 4.39 Å². The molecule has 0 aliphatic heterocycles. The molecule has 1 atom stereocenters. The Morgan fingerprint density at radius 3 is 2.75 bits per heavy atom. The summed E-state index contributed by atoms with van der Waals surface area (Å²) in [5.41, 5.74) is 1.62. The Hall–Kier alpha value is -1.75. The van der Waals surface area contributed by atoms with E-state index in [1.54, 1.807) is 44.2 Å². The molecule has 2 rings (SSSR count). The quantitative estimate of drug-likeness (QED) is 0.866. The summed E-state index contributed by atoms with van der Waals surface area (Å²) in [7, 11) is 0. The number of hydrogen-bond acceptors (Lipinski definition) is 2. The third kappa shape index (κ3) is 3.42. The summed E-state index contributed by atoms with van der Waals surface area (Å²) in [4.78, 5) is 16.1. The molecule has 1 aromatic heterocycles. The van der Waals surface area contributed by atoms with Crippen LogP contribution in [0.5, 0.6) is 0 Å². The molecule has 0 spiro atoms. The zero-order valence-corrected chi connectivity index (χ0v) is 12.7. The van der Waals surface area contributed by atoms with Crippen molar-refractivity contribution in [2.24, 2.45) is 0 Å². The molecule has 0 bridgehead atoms. The number of carbonyl (C=O) groups is 1. The Labute approximate surface area is 125 Å². The Balaban J connectivity index is 2.13. The van der Waals surface area contributed by atoms with Crippen molar-refractivity contribution in [1.82, 2.24) is 10.3 Å². The number of carbonyl (C=O) groups excluding carboxylic acids is 1. The molecule has 3 nitrogen and oxygen atoms in total. The molecule has 1 N–H and O–H groups in total. The third-order valence-corrected chi connectivity index (χ3v) is 3.43. The van der Waals surface area contributed by atoms with Crippen LogP contribution in [0.1, 0.15) is 34.6 Å². The van der Waals surface area contributed by atoms with Crippen LogP contribution in [0.3, 0.4) is 0 Å². The molecule has 104 valence electrons. The molecule has 0 saturated carbocycles. The zero-order valence-electron chi connectivity index (χ0n) is 11.2. The highest BCUT2D eigenvalue weighted by Gasteiger charge is 2.13. The molecule has 1 amide bonds.